The summed E-state index contributed by atoms with van der Waals surface area (Å²) in [6, 6.07) is 25.3. The van der Waals surface area contributed by atoms with Gasteiger partial charge in [-0.1, -0.05) is 78.0 Å². The maximum absolute atomic E-state index is 13.2. The van der Waals surface area contributed by atoms with Gasteiger partial charge in [0.15, 0.2) is 0 Å². The molecule has 3 nitrogen and oxygen atoms in total. The molecule has 1 aliphatic heterocycles. The zero-order valence-corrected chi connectivity index (χ0v) is 17.2. The molecule has 3 aromatic rings. The highest BCUT2D eigenvalue weighted by atomic mass is 32.2. The van der Waals surface area contributed by atoms with E-state index in [1.807, 2.05) is 61.5 Å². The quantitative estimate of drug-likeness (QED) is 0.586. The Morgan fingerprint density at radius 3 is 2.29 bits per heavy atom. The molecule has 0 unspecified atom stereocenters. The van der Waals surface area contributed by atoms with E-state index >= 15 is 0 Å². The molecule has 0 amide bonds. The lowest BCUT2D eigenvalue weighted by molar-refractivity contribution is 0.440. The molecule has 0 N–H and O–H groups in total. The fourth-order valence-corrected chi connectivity index (χ4v) is 5.57. The lowest BCUT2D eigenvalue weighted by Gasteiger charge is -2.20. The van der Waals surface area contributed by atoms with E-state index in [1.165, 1.54) is 0 Å². The molecule has 0 saturated carbocycles. The number of hydrogen-bond acceptors (Lipinski definition) is 3. The predicted molar refractivity (Wildman–Crippen MR) is 115 cm³/mol. The number of thioether (sulfide) groups is 1. The Kier molecular flexibility index (Phi) is 5.40. The number of nitrogens with zero attached hydrogens (tertiary/aromatic N) is 1. The van der Waals surface area contributed by atoms with Crippen LogP contribution in [0.1, 0.15) is 16.7 Å². The van der Waals surface area contributed by atoms with E-state index in [-0.39, 0.29) is 0 Å². The molecule has 0 fully saturated rings. The van der Waals surface area contributed by atoms with Crippen molar-refractivity contribution in [2.75, 3.05) is 6.54 Å². The number of hydrogen-bond donors (Lipinski definition) is 0. The summed E-state index contributed by atoms with van der Waals surface area (Å²) in [6.45, 7) is 2.66. The molecule has 28 heavy (non-hydrogen) atoms. The highest BCUT2D eigenvalue weighted by molar-refractivity contribution is 8.08. The van der Waals surface area contributed by atoms with Gasteiger partial charge in [0.25, 0.3) is 0 Å². The van der Waals surface area contributed by atoms with E-state index in [0.29, 0.717) is 18.0 Å². The van der Waals surface area contributed by atoms with Crippen molar-refractivity contribution in [3.63, 3.8) is 0 Å². The second-order valence-electron chi connectivity index (χ2n) is 6.75. The van der Waals surface area contributed by atoms with Crippen LogP contribution in [0.25, 0.3) is 4.91 Å². The molecule has 5 heteroatoms. The van der Waals surface area contributed by atoms with Crippen LogP contribution in [0.15, 0.2) is 94.7 Å². The molecule has 0 aliphatic carbocycles. The van der Waals surface area contributed by atoms with Gasteiger partial charge in [0.1, 0.15) is 0 Å². The number of benzene rings is 3. The van der Waals surface area contributed by atoms with E-state index in [4.69, 9.17) is 0 Å². The molecule has 1 aliphatic rings. The van der Waals surface area contributed by atoms with Crippen molar-refractivity contribution in [3.05, 3.63) is 102 Å². The number of aryl methyl sites for hydroxylation is 1. The van der Waals surface area contributed by atoms with Crippen LogP contribution in [0.2, 0.25) is 0 Å². The smallest absolute Gasteiger partial charge is 0.207 e. The molecular formula is C23H21NO2S2. The Balaban J connectivity index is 1.71. The predicted octanol–water partition coefficient (Wildman–Crippen LogP) is 5.33. The van der Waals surface area contributed by atoms with Crippen LogP contribution in [-0.2, 0) is 16.6 Å². The van der Waals surface area contributed by atoms with Crippen molar-refractivity contribution in [1.82, 2.24) is 4.31 Å². The average molecular weight is 408 g/mol. The molecule has 0 bridgehead atoms. The number of fused-ring (bicyclic) bond motifs is 1. The van der Waals surface area contributed by atoms with E-state index in [0.717, 1.165) is 26.5 Å². The van der Waals surface area contributed by atoms with Crippen LogP contribution in [-0.4, -0.2) is 19.3 Å². The number of sulfonamides is 1. The largest absolute Gasteiger partial charge is 0.243 e. The van der Waals surface area contributed by atoms with Crippen molar-refractivity contribution < 1.29 is 8.42 Å². The third-order valence-electron chi connectivity index (χ3n) is 4.74. The molecule has 0 saturated heterocycles. The lowest BCUT2D eigenvalue weighted by atomic mass is 10.1. The van der Waals surface area contributed by atoms with Gasteiger partial charge in [0.2, 0.25) is 10.0 Å². The van der Waals surface area contributed by atoms with Crippen molar-refractivity contribution in [3.8, 4) is 0 Å². The summed E-state index contributed by atoms with van der Waals surface area (Å²) in [4.78, 5) is 2.56. The van der Waals surface area contributed by atoms with Gasteiger partial charge >= 0.3 is 0 Å². The lowest BCUT2D eigenvalue weighted by Crippen LogP contribution is -2.30. The molecular weight excluding hydrogens is 386 g/mol. The second-order valence-corrected chi connectivity index (χ2v) is 9.80. The van der Waals surface area contributed by atoms with Crippen molar-refractivity contribution in [2.24, 2.45) is 0 Å². The van der Waals surface area contributed by atoms with Gasteiger partial charge in [-0.15, -0.1) is 0 Å². The van der Waals surface area contributed by atoms with Gasteiger partial charge in [-0.3, -0.25) is 0 Å². The molecule has 1 heterocycles. The molecule has 0 atom stereocenters. The van der Waals surface area contributed by atoms with Crippen molar-refractivity contribution >= 4 is 26.7 Å². The Labute approximate surface area is 170 Å². The first-order valence-corrected chi connectivity index (χ1v) is 11.4. The molecule has 0 spiro atoms. The fraction of sp³-hybridized carbons (Fsp3) is 0.130. The van der Waals surface area contributed by atoms with Crippen LogP contribution in [0, 0.1) is 6.92 Å². The van der Waals surface area contributed by atoms with E-state index in [9.17, 15) is 8.42 Å². The third kappa shape index (κ3) is 3.92. The maximum Gasteiger partial charge on any atom is 0.243 e. The topological polar surface area (TPSA) is 37.4 Å². The number of rotatable bonds is 4. The normalized spacial score (nSPS) is 14.8. The minimum Gasteiger partial charge on any atom is -0.207 e. The molecule has 0 radical (unpaired) electrons. The van der Waals surface area contributed by atoms with Crippen molar-refractivity contribution in [1.29, 1.82) is 0 Å². The first-order valence-electron chi connectivity index (χ1n) is 9.12. The van der Waals surface area contributed by atoms with Gasteiger partial charge < -0.3 is 0 Å². The average Bonchev–Trinajstić information content (AvgIpc) is 2.89. The Hall–Kier alpha value is -2.34. The first-order chi connectivity index (χ1) is 13.5. The summed E-state index contributed by atoms with van der Waals surface area (Å²) in [5.74, 6) is 0. The summed E-state index contributed by atoms with van der Waals surface area (Å²) >= 11 is 1.67. The minimum atomic E-state index is -3.56. The van der Waals surface area contributed by atoms with Gasteiger partial charge in [-0.25, -0.2) is 8.42 Å². The van der Waals surface area contributed by atoms with Gasteiger partial charge in [-0.05, 0) is 42.3 Å². The molecule has 0 aromatic heterocycles. The molecule has 4 rings (SSSR count). The van der Waals surface area contributed by atoms with E-state index in [1.54, 1.807) is 28.2 Å². The zero-order chi connectivity index (χ0) is 19.6. The van der Waals surface area contributed by atoms with Crippen LogP contribution >= 0.6 is 11.8 Å². The highest BCUT2D eigenvalue weighted by Crippen LogP contribution is 2.38. The fourth-order valence-electron chi connectivity index (χ4n) is 3.20. The summed E-state index contributed by atoms with van der Waals surface area (Å²) in [7, 11) is -3.56. The van der Waals surface area contributed by atoms with Crippen LogP contribution in [0.3, 0.4) is 0 Å². The summed E-state index contributed by atoms with van der Waals surface area (Å²) < 4.78 is 28.0. The Morgan fingerprint density at radius 1 is 0.857 bits per heavy atom. The van der Waals surface area contributed by atoms with Gasteiger partial charge in [0.05, 0.1) is 4.90 Å². The highest BCUT2D eigenvalue weighted by Gasteiger charge is 2.27. The molecule has 3 aromatic carbocycles. The standard InChI is InChI=1S/C23H21NO2S2/c1-18-11-13-21(14-12-18)28(25,26)24-16-15-23(27-20-8-3-2-4-9-20)22-10-6-5-7-19(22)17-24/h2-15H,16-17H2,1H3. The van der Waals surface area contributed by atoms with E-state index in [2.05, 4.69) is 18.2 Å². The van der Waals surface area contributed by atoms with Crippen LogP contribution in [0.5, 0.6) is 0 Å². The maximum atomic E-state index is 13.2. The third-order valence-corrected chi connectivity index (χ3v) is 7.68. The van der Waals surface area contributed by atoms with E-state index < -0.39 is 10.0 Å². The summed E-state index contributed by atoms with van der Waals surface area (Å²) in [5.41, 5.74) is 3.16. The van der Waals surface area contributed by atoms with Gasteiger partial charge in [0, 0.05) is 22.9 Å². The van der Waals surface area contributed by atoms with Crippen LogP contribution < -0.4 is 0 Å². The second kappa shape index (κ2) is 7.95. The minimum absolute atomic E-state index is 0.336. The Bertz CT molecular complexity index is 1100. The summed E-state index contributed by atoms with van der Waals surface area (Å²) in [6.07, 6.45) is 2.02. The SMILES string of the molecule is Cc1ccc(S(=O)(=O)N2CC=C(Sc3ccccc3)c3ccccc3C2)cc1. The molecule has 142 valence electrons. The zero-order valence-electron chi connectivity index (χ0n) is 15.6. The van der Waals surface area contributed by atoms with Crippen molar-refractivity contribution in [2.45, 2.75) is 23.3 Å². The van der Waals surface area contributed by atoms with Crippen LogP contribution in [0.4, 0.5) is 0 Å². The monoisotopic (exact) mass is 407 g/mol. The van der Waals surface area contributed by atoms with Gasteiger partial charge in [-0.2, -0.15) is 4.31 Å². The Morgan fingerprint density at radius 2 is 1.54 bits per heavy atom. The summed E-state index contributed by atoms with van der Waals surface area (Å²) in [5, 5.41) is 0. The first kappa shape index (κ1) is 19.0.